The third-order valence-electron chi connectivity index (χ3n) is 5.69. The summed E-state index contributed by atoms with van der Waals surface area (Å²) in [6, 6.07) is 10.9. The van der Waals surface area contributed by atoms with Gasteiger partial charge in [0, 0.05) is 32.0 Å². The standard InChI is InChI=1S/C27H34ClN7O3S/c1-7-25(36)30-20-15-21(23(38-6)16-22(20)35(5)14-13-34(3)4)32-27-29-17-18(28)26(33-27)31-19-11-9-10-12-24(19)39(37)8-2/h7,9-12,15-17H,1,8,13-14H2,2-6H3,(H,30,36)(H2,29,31,32,33). The number of nitrogens with zero attached hydrogens (tertiary/aromatic N) is 4. The van der Waals surface area contributed by atoms with E-state index in [1.165, 1.54) is 12.3 Å². The highest BCUT2D eigenvalue weighted by Crippen LogP contribution is 2.38. The molecule has 2 aromatic carbocycles. The van der Waals surface area contributed by atoms with Crippen LogP contribution >= 0.6 is 11.6 Å². The maximum absolute atomic E-state index is 12.5. The van der Waals surface area contributed by atoms with Gasteiger partial charge in [-0.05, 0) is 38.4 Å². The molecule has 0 fully saturated rings. The van der Waals surface area contributed by atoms with Gasteiger partial charge in [0.25, 0.3) is 0 Å². The van der Waals surface area contributed by atoms with E-state index in [9.17, 15) is 9.00 Å². The molecule has 0 bridgehead atoms. The first-order valence-corrected chi connectivity index (χ1v) is 13.9. The van der Waals surface area contributed by atoms with E-state index in [1.807, 2.05) is 57.2 Å². The summed E-state index contributed by atoms with van der Waals surface area (Å²) < 4.78 is 18.2. The monoisotopic (exact) mass is 571 g/mol. The van der Waals surface area contributed by atoms with Gasteiger partial charge in [0.1, 0.15) is 10.8 Å². The van der Waals surface area contributed by atoms with Crippen molar-refractivity contribution in [2.24, 2.45) is 0 Å². The van der Waals surface area contributed by atoms with Gasteiger partial charge in [-0.15, -0.1) is 0 Å². The van der Waals surface area contributed by atoms with Crippen LogP contribution in [0.3, 0.4) is 0 Å². The molecule has 0 aliphatic carbocycles. The Morgan fingerprint density at radius 3 is 2.54 bits per heavy atom. The van der Waals surface area contributed by atoms with Crippen LogP contribution in [0.25, 0.3) is 0 Å². The van der Waals surface area contributed by atoms with Crippen molar-refractivity contribution in [3.8, 4) is 5.75 Å². The van der Waals surface area contributed by atoms with E-state index in [4.69, 9.17) is 16.3 Å². The zero-order chi connectivity index (χ0) is 28.5. The summed E-state index contributed by atoms with van der Waals surface area (Å²) in [7, 11) is 6.33. The van der Waals surface area contributed by atoms with Crippen LogP contribution in [0.2, 0.25) is 5.02 Å². The number of methoxy groups -OCH3 is 1. The number of anilines is 6. The minimum Gasteiger partial charge on any atom is -0.494 e. The minimum absolute atomic E-state index is 0.240. The topological polar surface area (TPSA) is 112 Å². The van der Waals surface area contributed by atoms with E-state index in [-0.39, 0.29) is 11.9 Å². The molecule has 1 amide bonds. The van der Waals surface area contributed by atoms with Crippen LogP contribution in [0, 0.1) is 0 Å². The van der Waals surface area contributed by atoms with Gasteiger partial charge < -0.3 is 30.5 Å². The molecular formula is C27H34ClN7O3S. The molecule has 208 valence electrons. The Bertz CT molecular complexity index is 1350. The summed E-state index contributed by atoms with van der Waals surface area (Å²) in [4.78, 5) is 25.8. The number of hydrogen-bond donors (Lipinski definition) is 3. The first kappa shape index (κ1) is 29.9. The van der Waals surface area contributed by atoms with Gasteiger partial charge >= 0.3 is 0 Å². The molecule has 3 N–H and O–H groups in total. The van der Waals surface area contributed by atoms with Crippen LogP contribution in [-0.2, 0) is 15.6 Å². The Hall–Kier alpha value is -3.67. The lowest BCUT2D eigenvalue weighted by Crippen LogP contribution is -2.29. The van der Waals surface area contributed by atoms with Crippen molar-refractivity contribution in [1.29, 1.82) is 0 Å². The van der Waals surface area contributed by atoms with E-state index < -0.39 is 10.8 Å². The number of nitrogens with one attached hydrogen (secondary N) is 3. The average Bonchev–Trinajstić information content (AvgIpc) is 2.93. The summed E-state index contributed by atoms with van der Waals surface area (Å²) in [5.41, 5.74) is 2.51. The molecule has 12 heteroatoms. The maximum atomic E-state index is 12.5. The van der Waals surface area contributed by atoms with Crippen molar-refractivity contribution in [3.05, 3.63) is 60.3 Å². The SMILES string of the molecule is C=CC(=O)Nc1cc(Nc2ncc(Cl)c(Nc3ccccc3S(=O)CC)n2)c(OC)cc1N(C)CCN(C)C. The fourth-order valence-electron chi connectivity index (χ4n) is 3.59. The summed E-state index contributed by atoms with van der Waals surface area (Å²) in [6.45, 7) is 6.95. The van der Waals surface area contributed by atoms with Crippen molar-refractivity contribution in [3.63, 3.8) is 0 Å². The molecule has 39 heavy (non-hydrogen) atoms. The minimum atomic E-state index is -1.17. The molecule has 10 nitrogen and oxygen atoms in total. The van der Waals surface area contributed by atoms with Gasteiger partial charge in [-0.25, -0.2) is 4.98 Å². The number of carbonyl (C=O) groups is 1. The molecule has 1 heterocycles. The van der Waals surface area contributed by atoms with E-state index in [0.29, 0.717) is 44.3 Å². The number of halogens is 1. The third-order valence-corrected chi connectivity index (χ3v) is 7.34. The zero-order valence-corrected chi connectivity index (χ0v) is 24.3. The van der Waals surface area contributed by atoms with Crippen LogP contribution in [0.15, 0.2) is 60.1 Å². The lowest BCUT2D eigenvalue weighted by atomic mass is 10.2. The molecule has 0 aliphatic rings. The number of likely N-dealkylation sites (N-methyl/N-ethyl adjacent to an activating group) is 2. The van der Waals surface area contributed by atoms with E-state index in [1.54, 1.807) is 19.2 Å². The van der Waals surface area contributed by atoms with Crippen LogP contribution < -0.4 is 25.6 Å². The number of amides is 1. The summed E-state index contributed by atoms with van der Waals surface area (Å²) in [5, 5.41) is 9.50. The zero-order valence-electron chi connectivity index (χ0n) is 22.7. The van der Waals surface area contributed by atoms with Gasteiger partial charge in [0.15, 0.2) is 5.82 Å². The quantitative estimate of drug-likeness (QED) is 0.247. The summed E-state index contributed by atoms with van der Waals surface area (Å²) in [5.74, 6) is 1.24. The molecule has 0 saturated heterocycles. The lowest BCUT2D eigenvalue weighted by Gasteiger charge is -2.26. The van der Waals surface area contributed by atoms with Crippen molar-refractivity contribution in [2.45, 2.75) is 11.8 Å². The van der Waals surface area contributed by atoms with Crippen molar-refractivity contribution >= 4 is 62.8 Å². The number of rotatable bonds is 13. The molecule has 1 unspecified atom stereocenters. The Kier molecular flexibility index (Phi) is 10.7. The van der Waals surface area contributed by atoms with Crippen LogP contribution in [0.1, 0.15) is 6.92 Å². The van der Waals surface area contributed by atoms with E-state index in [2.05, 4.69) is 37.4 Å². The fraction of sp³-hybridized carbons (Fsp3) is 0.296. The largest absolute Gasteiger partial charge is 0.494 e. The molecule has 3 rings (SSSR count). The highest BCUT2D eigenvalue weighted by molar-refractivity contribution is 7.85. The van der Waals surface area contributed by atoms with E-state index >= 15 is 0 Å². The van der Waals surface area contributed by atoms with Gasteiger partial charge in [0.2, 0.25) is 11.9 Å². The third kappa shape index (κ3) is 7.92. The Morgan fingerprint density at radius 1 is 1.13 bits per heavy atom. The second-order valence-electron chi connectivity index (χ2n) is 8.76. The Labute approximate surface area is 236 Å². The molecular weight excluding hydrogens is 538 g/mol. The molecule has 3 aromatic rings. The molecule has 1 aromatic heterocycles. The number of benzene rings is 2. The van der Waals surface area contributed by atoms with Gasteiger partial charge in [-0.2, -0.15) is 4.98 Å². The normalized spacial score (nSPS) is 11.6. The molecule has 0 radical (unpaired) electrons. The lowest BCUT2D eigenvalue weighted by molar-refractivity contribution is -0.111. The first-order chi connectivity index (χ1) is 18.7. The fourth-order valence-corrected chi connectivity index (χ4v) is 4.64. The molecule has 1 atom stereocenters. The van der Waals surface area contributed by atoms with Crippen LogP contribution in [-0.4, -0.2) is 72.1 Å². The molecule has 0 aliphatic heterocycles. The van der Waals surface area contributed by atoms with Gasteiger partial charge in [-0.3, -0.25) is 9.00 Å². The number of hydrogen-bond acceptors (Lipinski definition) is 9. The van der Waals surface area contributed by atoms with Gasteiger partial charge in [-0.1, -0.05) is 37.2 Å². The van der Waals surface area contributed by atoms with Crippen LogP contribution in [0.5, 0.6) is 5.75 Å². The number of para-hydroxylation sites is 1. The van der Waals surface area contributed by atoms with E-state index in [0.717, 1.165) is 18.8 Å². The number of ether oxygens (including phenoxy) is 1. The molecule has 0 saturated carbocycles. The first-order valence-electron chi connectivity index (χ1n) is 12.2. The maximum Gasteiger partial charge on any atom is 0.247 e. The number of aromatic nitrogens is 2. The predicted molar refractivity (Wildman–Crippen MR) is 161 cm³/mol. The molecule has 0 spiro atoms. The highest BCUT2D eigenvalue weighted by atomic mass is 35.5. The van der Waals surface area contributed by atoms with Crippen molar-refractivity contribution in [1.82, 2.24) is 14.9 Å². The number of carbonyl (C=O) groups excluding carboxylic acids is 1. The smallest absolute Gasteiger partial charge is 0.247 e. The highest BCUT2D eigenvalue weighted by Gasteiger charge is 2.17. The second-order valence-corrected chi connectivity index (χ2v) is 10.9. The average molecular weight is 572 g/mol. The van der Waals surface area contributed by atoms with Crippen molar-refractivity contribution in [2.75, 3.05) is 67.9 Å². The van der Waals surface area contributed by atoms with Crippen LogP contribution in [0.4, 0.5) is 34.5 Å². The van der Waals surface area contributed by atoms with Crippen molar-refractivity contribution < 1.29 is 13.7 Å². The second kappa shape index (κ2) is 13.9. The Morgan fingerprint density at radius 2 is 1.87 bits per heavy atom. The summed E-state index contributed by atoms with van der Waals surface area (Å²) in [6.07, 6.45) is 2.68. The summed E-state index contributed by atoms with van der Waals surface area (Å²) >= 11 is 6.40. The van der Waals surface area contributed by atoms with Gasteiger partial charge in [0.05, 0.1) is 51.8 Å². The Balaban J connectivity index is 1.97. The predicted octanol–water partition coefficient (Wildman–Crippen LogP) is 4.88.